The van der Waals surface area contributed by atoms with Crippen molar-refractivity contribution < 1.29 is 9.53 Å². The number of rotatable bonds is 1. The number of nitrogens with zero attached hydrogens (tertiary/aromatic N) is 2. The van der Waals surface area contributed by atoms with Crippen molar-refractivity contribution in [3.8, 4) is 0 Å². The third-order valence-electron chi connectivity index (χ3n) is 2.15. The Bertz CT molecular complexity index is 236. The Morgan fingerprint density at radius 2 is 2.23 bits per heavy atom. The van der Waals surface area contributed by atoms with Crippen LogP contribution in [0.3, 0.4) is 0 Å². The average Bonchev–Trinajstić information content (AvgIpc) is 2.09. The smallest absolute Gasteiger partial charge is 0.247 e. The summed E-state index contributed by atoms with van der Waals surface area (Å²) >= 11 is 0. The second-order valence-electron chi connectivity index (χ2n) is 3.61. The van der Waals surface area contributed by atoms with Crippen LogP contribution in [-0.4, -0.2) is 43.4 Å². The Morgan fingerprint density at radius 1 is 1.62 bits per heavy atom. The maximum absolute atomic E-state index is 11.6. The van der Waals surface area contributed by atoms with Crippen LogP contribution < -0.4 is 0 Å². The molecular weight excluding hydrogens is 168 g/mol. The molecule has 0 saturated heterocycles. The van der Waals surface area contributed by atoms with Crippen LogP contribution in [0.4, 0.5) is 0 Å². The molecule has 4 nitrogen and oxygen atoms in total. The number of carbonyl (C=O) groups excluding carboxylic acids is 1. The van der Waals surface area contributed by atoms with E-state index < -0.39 is 0 Å². The highest BCUT2D eigenvalue weighted by Crippen LogP contribution is 2.14. The zero-order valence-electron chi connectivity index (χ0n) is 8.57. The third kappa shape index (κ3) is 1.99. The number of methoxy groups -OCH3 is 1. The number of hydrogen-bond acceptors (Lipinski definition) is 3. The predicted octanol–water partition coefficient (Wildman–Crippen LogP) is 0.528. The van der Waals surface area contributed by atoms with Gasteiger partial charge in [0.1, 0.15) is 6.04 Å². The molecule has 0 aromatic carbocycles. The van der Waals surface area contributed by atoms with Crippen molar-refractivity contribution in [3.05, 3.63) is 0 Å². The van der Waals surface area contributed by atoms with Gasteiger partial charge >= 0.3 is 0 Å². The first-order chi connectivity index (χ1) is 6.06. The van der Waals surface area contributed by atoms with Crippen molar-refractivity contribution in [2.45, 2.75) is 19.9 Å². The molecule has 0 fully saturated rings. The summed E-state index contributed by atoms with van der Waals surface area (Å²) in [5, 5.41) is 0. The van der Waals surface area contributed by atoms with Crippen molar-refractivity contribution in [1.82, 2.24) is 4.90 Å². The van der Waals surface area contributed by atoms with Gasteiger partial charge in [-0.1, -0.05) is 13.8 Å². The quantitative estimate of drug-likeness (QED) is 0.596. The first kappa shape index (κ1) is 10.0. The second-order valence-corrected chi connectivity index (χ2v) is 3.61. The maximum Gasteiger partial charge on any atom is 0.247 e. The minimum Gasteiger partial charge on any atom is -0.483 e. The molecule has 13 heavy (non-hydrogen) atoms. The van der Waals surface area contributed by atoms with Crippen molar-refractivity contribution in [3.63, 3.8) is 0 Å². The molecule has 0 aromatic heterocycles. The van der Waals surface area contributed by atoms with E-state index >= 15 is 0 Å². The fourth-order valence-corrected chi connectivity index (χ4v) is 1.31. The lowest BCUT2D eigenvalue weighted by Gasteiger charge is -2.28. The topological polar surface area (TPSA) is 41.9 Å². The highest BCUT2D eigenvalue weighted by atomic mass is 16.5. The van der Waals surface area contributed by atoms with Crippen molar-refractivity contribution in [2.75, 3.05) is 20.7 Å². The normalized spacial score (nSPS) is 23.5. The number of ether oxygens (including phenoxy) is 1. The third-order valence-corrected chi connectivity index (χ3v) is 2.15. The van der Waals surface area contributed by atoms with E-state index in [1.807, 2.05) is 13.8 Å². The molecule has 1 aliphatic heterocycles. The van der Waals surface area contributed by atoms with Crippen molar-refractivity contribution >= 4 is 11.8 Å². The number of carbonyl (C=O) groups is 1. The minimum atomic E-state index is -0.270. The SMILES string of the molecule is COC1=N[C@@H](C(C)C)C(=O)N(C)C1. The highest BCUT2D eigenvalue weighted by Gasteiger charge is 2.30. The van der Waals surface area contributed by atoms with Gasteiger partial charge in [0.2, 0.25) is 11.8 Å². The molecule has 0 unspecified atom stereocenters. The van der Waals surface area contributed by atoms with Gasteiger partial charge in [-0.15, -0.1) is 0 Å². The molecule has 0 spiro atoms. The predicted molar refractivity (Wildman–Crippen MR) is 50.7 cm³/mol. The van der Waals surface area contributed by atoms with E-state index in [0.717, 1.165) is 0 Å². The molecule has 0 N–H and O–H groups in total. The van der Waals surface area contributed by atoms with Gasteiger partial charge in [-0.05, 0) is 5.92 Å². The Hall–Kier alpha value is -1.06. The molecule has 1 aliphatic rings. The van der Waals surface area contributed by atoms with Crippen LogP contribution in [-0.2, 0) is 9.53 Å². The average molecular weight is 184 g/mol. The largest absolute Gasteiger partial charge is 0.483 e. The zero-order chi connectivity index (χ0) is 10.0. The lowest BCUT2D eigenvalue weighted by molar-refractivity contribution is -0.132. The number of amides is 1. The minimum absolute atomic E-state index is 0.0794. The van der Waals surface area contributed by atoms with Gasteiger partial charge in [0.15, 0.2) is 0 Å². The van der Waals surface area contributed by atoms with E-state index in [9.17, 15) is 4.79 Å². The first-order valence-electron chi connectivity index (χ1n) is 4.42. The van der Waals surface area contributed by atoms with Crippen molar-refractivity contribution in [2.24, 2.45) is 10.9 Å². The van der Waals surface area contributed by atoms with Gasteiger partial charge in [0, 0.05) is 7.05 Å². The van der Waals surface area contributed by atoms with E-state index in [4.69, 9.17) is 4.74 Å². The molecular formula is C9H16N2O2. The van der Waals surface area contributed by atoms with Gasteiger partial charge in [-0.25, -0.2) is 4.99 Å². The van der Waals surface area contributed by atoms with Gasteiger partial charge in [-0.3, -0.25) is 4.79 Å². The van der Waals surface area contributed by atoms with E-state index in [1.165, 1.54) is 0 Å². The molecule has 1 heterocycles. The monoisotopic (exact) mass is 184 g/mol. The lowest BCUT2D eigenvalue weighted by Crippen LogP contribution is -2.46. The van der Waals surface area contributed by atoms with Crippen LogP contribution in [0.2, 0.25) is 0 Å². The van der Waals surface area contributed by atoms with E-state index in [2.05, 4.69) is 4.99 Å². The molecule has 0 aliphatic carbocycles. The van der Waals surface area contributed by atoms with Gasteiger partial charge in [0.25, 0.3) is 0 Å². The maximum atomic E-state index is 11.6. The Labute approximate surface area is 78.6 Å². The number of hydrogen-bond donors (Lipinski definition) is 0. The van der Waals surface area contributed by atoms with E-state index in [0.29, 0.717) is 12.4 Å². The van der Waals surface area contributed by atoms with Gasteiger partial charge < -0.3 is 9.64 Å². The summed E-state index contributed by atoms with van der Waals surface area (Å²) in [4.78, 5) is 17.5. The summed E-state index contributed by atoms with van der Waals surface area (Å²) in [7, 11) is 3.35. The van der Waals surface area contributed by atoms with Crippen LogP contribution in [0.5, 0.6) is 0 Å². The summed E-state index contributed by atoms with van der Waals surface area (Å²) < 4.78 is 5.05. The van der Waals surface area contributed by atoms with E-state index in [-0.39, 0.29) is 17.9 Å². The Balaban J connectivity index is 2.86. The molecule has 0 saturated carbocycles. The van der Waals surface area contributed by atoms with Crippen LogP contribution in [0.15, 0.2) is 4.99 Å². The van der Waals surface area contributed by atoms with Crippen molar-refractivity contribution in [1.29, 1.82) is 0 Å². The van der Waals surface area contributed by atoms with Crippen LogP contribution in [0, 0.1) is 5.92 Å². The molecule has 0 aromatic rings. The molecule has 1 atom stereocenters. The van der Waals surface area contributed by atoms with E-state index in [1.54, 1.807) is 19.1 Å². The van der Waals surface area contributed by atoms with Gasteiger partial charge in [-0.2, -0.15) is 0 Å². The number of aliphatic imine (C=N–C) groups is 1. The molecule has 1 rings (SSSR count). The summed E-state index contributed by atoms with van der Waals surface area (Å²) in [5.41, 5.74) is 0. The van der Waals surface area contributed by atoms with Gasteiger partial charge in [0.05, 0.1) is 13.7 Å². The fraction of sp³-hybridized carbons (Fsp3) is 0.778. The molecule has 74 valence electrons. The van der Waals surface area contributed by atoms with Crippen LogP contribution >= 0.6 is 0 Å². The highest BCUT2D eigenvalue weighted by molar-refractivity contribution is 5.93. The Morgan fingerprint density at radius 3 is 2.69 bits per heavy atom. The second kappa shape index (κ2) is 3.77. The molecule has 4 heteroatoms. The fourth-order valence-electron chi connectivity index (χ4n) is 1.31. The summed E-state index contributed by atoms with van der Waals surface area (Å²) in [6.45, 7) is 4.45. The Kier molecular flexibility index (Phi) is 2.90. The molecule has 1 amide bonds. The molecule has 0 radical (unpaired) electrons. The number of likely N-dealkylation sites (N-methyl/N-ethyl adjacent to an activating group) is 1. The standard InChI is InChI=1S/C9H16N2O2/c1-6(2)8-9(12)11(3)5-7(10-8)13-4/h6,8H,5H2,1-4H3/t8-/m0/s1. The first-order valence-corrected chi connectivity index (χ1v) is 4.42. The summed E-state index contributed by atoms with van der Waals surface area (Å²) in [6.07, 6.45) is 0. The van der Waals surface area contributed by atoms with Crippen LogP contribution in [0.25, 0.3) is 0 Å². The lowest BCUT2D eigenvalue weighted by atomic mass is 10.0. The zero-order valence-corrected chi connectivity index (χ0v) is 8.57. The molecule has 0 bridgehead atoms. The summed E-state index contributed by atoms with van der Waals surface area (Å²) in [6, 6.07) is -0.270. The summed E-state index contributed by atoms with van der Waals surface area (Å²) in [5.74, 6) is 0.942. The van der Waals surface area contributed by atoms with Crippen LogP contribution in [0.1, 0.15) is 13.8 Å².